The molecule has 0 saturated carbocycles. The molecule has 1 amide bonds. The number of hydrogen-bond acceptors (Lipinski definition) is 3. The second-order valence-electron chi connectivity index (χ2n) is 4.73. The van der Waals surface area contributed by atoms with Gasteiger partial charge in [0.25, 0.3) is 5.91 Å². The minimum atomic E-state index is 0.0496. The molecule has 1 aromatic rings. The summed E-state index contributed by atoms with van der Waals surface area (Å²) >= 11 is 7.69. The first-order chi connectivity index (χ1) is 9.11. The third-order valence-corrected chi connectivity index (χ3v) is 4.41. The summed E-state index contributed by atoms with van der Waals surface area (Å²) in [6.07, 6.45) is 1.97. The first-order valence-corrected chi connectivity index (χ1v) is 7.95. The summed E-state index contributed by atoms with van der Waals surface area (Å²) in [6.45, 7) is 3.50. The molecule has 1 atom stereocenters. The molecule has 0 aromatic heterocycles. The molecule has 1 aromatic carbocycles. The van der Waals surface area contributed by atoms with E-state index in [1.165, 1.54) is 0 Å². The van der Waals surface area contributed by atoms with Crippen molar-refractivity contribution in [1.29, 1.82) is 0 Å². The molecule has 0 radical (unpaired) electrons. The summed E-state index contributed by atoms with van der Waals surface area (Å²) in [7, 11) is 0. The molecule has 1 aliphatic rings. The minimum Gasteiger partial charge on any atom is -0.337 e. The van der Waals surface area contributed by atoms with Gasteiger partial charge in [0.1, 0.15) is 0 Å². The maximum atomic E-state index is 12.6. The molecular formula is C14H19ClN2OS. The van der Waals surface area contributed by atoms with Gasteiger partial charge < -0.3 is 10.6 Å². The lowest BCUT2D eigenvalue weighted by Gasteiger charge is -2.31. The second-order valence-corrected chi connectivity index (χ2v) is 6.47. The smallest absolute Gasteiger partial charge is 0.255 e. The fraction of sp³-hybridized carbons (Fsp3) is 0.500. The molecule has 0 bridgehead atoms. The van der Waals surface area contributed by atoms with Crippen molar-refractivity contribution >= 4 is 29.3 Å². The Morgan fingerprint density at radius 2 is 2.37 bits per heavy atom. The quantitative estimate of drug-likeness (QED) is 0.873. The Hall–Kier alpha value is -0.710. The number of likely N-dealkylation sites (tertiary alicyclic amines) is 1. The van der Waals surface area contributed by atoms with Crippen LogP contribution in [0.25, 0.3) is 0 Å². The summed E-state index contributed by atoms with van der Waals surface area (Å²) in [5.74, 6) is 0.982. The van der Waals surface area contributed by atoms with E-state index in [1.807, 2.05) is 17.0 Å². The first-order valence-electron chi connectivity index (χ1n) is 6.59. The van der Waals surface area contributed by atoms with Crippen molar-refractivity contribution in [3.63, 3.8) is 0 Å². The van der Waals surface area contributed by atoms with Gasteiger partial charge in [-0.3, -0.25) is 4.79 Å². The number of hydrogen-bond donors (Lipinski definition) is 1. The van der Waals surface area contributed by atoms with Crippen molar-refractivity contribution in [2.24, 2.45) is 5.73 Å². The summed E-state index contributed by atoms with van der Waals surface area (Å²) in [5.41, 5.74) is 6.64. The van der Waals surface area contributed by atoms with E-state index in [0.717, 1.165) is 30.0 Å². The summed E-state index contributed by atoms with van der Waals surface area (Å²) < 4.78 is 0. The molecule has 19 heavy (non-hydrogen) atoms. The topological polar surface area (TPSA) is 46.3 Å². The highest BCUT2D eigenvalue weighted by Crippen LogP contribution is 2.27. The van der Waals surface area contributed by atoms with Crippen molar-refractivity contribution in [1.82, 2.24) is 4.90 Å². The van der Waals surface area contributed by atoms with Crippen molar-refractivity contribution in [3.05, 3.63) is 28.8 Å². The Kier molecular flexibility index (Phi) is 5.13. The molecule has 1 heterocycles. The Morgan fingerprint density at radius 1 is 1.58 bits per heavy atom. The number of benzene rings is 1. The molecule has 104 valence electrons. The average molecular weight is 299 g/mol. The van der Waals surface area contributed by atoms with Gasteiger partial charge in [-0.25, -0.2) is 0 Å². The molecule has 2 rings (SSSR count). The predicted octanol–water partition coefficient (Wildman–Crippen LogP) is 3.02. The highest BCUT2D eigenvalue weighted by Gasteiger charge is 2.24. The van der Waals surface area contributed by atoms with Crippen LogP contribution in [0.2, 0.25) is 5.02 Å². The summed E-state index contributed by atoms with van der Waals surface area (Å²) in [6, 6.07) is 5.62. The summed E-state index contributed by atoms with van der Waals surface area (Å²) in [4.78, 5) is 15.4. The zero-order chi connectivity index (χ0) is 13.8. The third-order valence-electron chi connectivity index (χ3n) is 3.22. The zero-order valence-corrected chi connectivity index (χ0v) is 12.6. The molecule has 5 heteroatoms. The molecule has 0 aliphatic carbocycles. The number of halogens is 1. The number of amides is 1. The van der Waals surface area contributed by atoms with Crippen LogP contribution in [0.3, 0.4) is 0 Å². The van der Waals surface area contributed by atoms with Gasteiger partial charge in [0.2, 0.25) is 0 Å². The van der Waals surface area contributed by atoms with Gasteiger partial charge in [-0.05, 0) is 36.8 Å². The zero-order valence-electron chi connectivity index (χ0n) is 11.1. The van der Waals surface area contributed by atoms with Gasteiger partial charge in [-0.15, -0.1) is 11.8 Å². The second kappa shape index (κ2) is 6.64. The van der Waals surface area contributed by atoms with Crippen LogP contribution in [0.15, 0.2) is 23.1 Å². The number of piperidine rings is 1. The van der Waals surface area contributed by atoms with Gasteiger partial charge in [-0.1, -0.05) is 18.5 Å². The molecule has 1 aliphatic heterocycles. The molecular weight excluding hydrogens is 280 g/mol. The SMILES string of the molecule is CCSc1ccc(Cl)cc1C(=O)N1CCCC(N)C1. The van der Waals surface area contributed by atoms with E-state index in [9.17, 15) is 4.79 Å². The number of nitrogens with zero attached hydrogens (tertiary/aromatic N) is 1. The van der Waals surface area contributed by atoms with Crippen molar-refractivity contribution in [2.45, 2.75) is 30.7 Å². The highest BCUT2D eigenvalue weighted by molar-refractivity contribution is 7.99. The first kappa shape index (κ1) is 14.7. The average Bonchev–Trinajstić information content (AvgIpc) is 2.40. The largest absolute Gasteiger partial charge is 0.337 e. The lowest BCUT2D eigenvalue weighted by Crippen LogP contribution is -2.45. The molecule has 1 unspecified atom stereocenters. The van der Waals surface area contributed by atoms with Crippen LogP contribution in [0, 0.1) is 0 Å². The molecule has 0 spiro atoms. The predicted molar refractivity (Wildman–Crippen MR) is 81.0 cm³/mol. The maximum absolute atomic E-state index is 12.6. The number of carbonyl (C=O) groups excluding carboxylic acids is 1. The van der Waals surface area contributed by atoms with Crippen molar-refractivity contribution < 1.29 is 4.79 Å². The fourth-order valence-electron chi connectivity index (χ4n) is 2.32. The Morgan fingerprint density at radius 3 is 3.05 bits per heavy atom. The van der Waals surface area contributed by atoms with Crippen molar-refractivity contribution in [3.8, 4) is 0 Å². The monoisotopic (exact) mass is 298 g/mol. The van der Waals surface area contributed by atoms with E-state index >= 15 is 0 Å². The normalized spacial score (nSPS) is 19.5. The van der Waals surface area contributed by atoms with E-state index in [1.54, 1.807) is 17.8 Å². The van der Waals surface area contributed by atoms with Gasteiger partial charge in [0, 0.05) is 29.0 Å². The maximum Gasteiger partial charge on any atom is 0.255 e. The molecule has 1 saturated heterocycles. The molecule has 1 fully saturated rings. The van der Waals surface area contributed by atoms with Gasteiger partial charge in [0.15, 0.2) is 0 Å². The van der Waals surface area contributed by atoms with E-state index in [0.29, 0.717) is 17.1 Å². The number of thioether (sulfide) groups is 1. The van der Waals surface area contributed by atoms with Crippen LogP contribution in [-0.4, -0.2) is 35.7 Å². The van der Waals surface area contributed by atoms with Crippen LogP contribution in [0.4, 0.5) is 0 Å². The van der Waals surface area contributed by atoms with Crippen LogP contribution in [0.5, 0.6) is 0 Å². The lowest BCUT2D eigenvalue weighted by atomic mass is 10.1. The number of carbonyl (C=O) groups is 1. The van der Waals surface area contributed by atoms with E-state index in [4.69, 9.17) is 17.3 Å². The van der Waals surface area contributed by atoms with Gasteiger partial charge in [-0.2, -0.15) is 0 Å². The molecule has 2 N–H and O–H groups in total. The van der Waals surface area contributed by atoms with Gasteiger partial charge in [0.05, 0.1) is 5.56 Å². The summed E-state index contributed by atoms with van der Waals surface area (Å²) in [5, 5.41) is 0.602. The minimum absolute atomic E-state index is 0.0496. The Bertz CT molecular complexity index is 467. The highest BCUT2D eigenvalue weighted by atomic mass is 35.5. The van der Waals surface area contributed by atoms with Crippen LogP contribution in [-0.2, 0) is 0 Å². The van der Waals surface area contributed by atoms with Crippen LogP contribution >= 0.6 is 23.4 Å². The molecule has 3 nitrogen and oxygen atoms in total. The fourth-order valence-corrected chi connectivity index (χ4v) is 3.26. The van der Waals surface area contributed by atoms with Crippen LogP contribution < -0.4 is 5.73 Å². The lowest BCUT2D eigenvalue weighted by molar-refractivity contribution is 0.0705. The van der Waals surface area contributed by atoms with Gasteiger partial charge >= 0.3 is 0 Å². The Balaban J connectivity index is 2.24. The standard InChI is InChI=1S/C14H19ClN2OS/c1-2-19-13-6-5-10(15)8-12(13)14(18)17-7-3-4-11(16)9-17/h5-6,8,11H,2-4,7,9,16H2,1H3. The van der Waals surface area contributed by atoms with Crippen LogP contribution in [0.1, 0.15) is 30.1 Å². The van der Waals surface area contributed by atoms with E-state index < -0.39 is 0 Å². The Labute approximate surface area is 123 Å². The van der Waals surface area contributed by atoms with E-state index in [2.05, 4.69) is 6.92 Å². The number of nitrogens with two attached hydrogens (primary N) is 1. The number of rotatable bonds is 3. The van der Waals surface area contributed by atoms with E-state index in [-0.39, 0.29) is 11.9 Å². The van der Waals surface area contributed by atoms with Crippen molar-refractivity contribution in [2.75, 3.05) is 18.8 Å². The third kappa shape index (κ3) is 3.65.